The average Bonchev–Trinajstić information content (AvgIpc) is 2.27. The van der Waals surface area contributed by atoms with Crippen LogP contribution in [0.15, 0.2) is 17.0 Å². The van der Waals surface area contributed by atoms with Crippen molar-refractivity contribution >= 4 is 22.0 Å². The van der Waals surface area contributed by atoms with Gasteiger partial charge in [-0.1, -0.05) is 0 Å². The van der Waals surface area contributed by atoms with Crippen molar-refractivity contribution in [1.82, 2.24) is 4.72 Å². The minimum absolute atomic E-state index is 0.105. The van der Waals surface area contributed by atoms with E-state index >= 15 is 0 Å². The Bertz CT molecular complexity index is 620. The first-order valence-electron chi connectivity index (χ1n) is 4.76. The zero-order chi connectivity index (χ0) is 14.1. The first kappa shape index (κ1) is 14.1. The molecule has 0 radical (unpaired) electrons. The minimum Gasteiger partial charge on any atom is -0.478 e. The number of aromatic carboxylic acids is 2. The highest BCUT2D eigenvalue weighted by molar-refractivity contribution is 7.89. The summed E-state index contributed by atoms with van der Waals surface area (Å²) in [6, 6.07) is 2.03. The Kier molecular flexibility index (Phi) is 3.73. The fourth-order valence-corrected chi connectivity index (χ4v) is 2.49. The molecule has 8 heteroatoms. The van der Waals surface area contributed by atoms with E-state index < -0.39 is 32.4 Å². The normalized spacial score (nSPS) is 11.2. The number of hydrogen-bond donors (Lipinski definition) is 3. The molecule has 0 bridgehead atoms. The van der Waals surface area contributed by atoms with Gasteiger partial charge in [-0.15, -0.1) is 0 Å². The van der Waals surface area contributed by atoms with Crippen molar-refractivity contribution < 1.29 is 28.2 Å². The molecule has 0 atom stereocenters. The molecule has 0 saturated carbocycles. The molecule has 1 aromatic rings. The lowest BCUT2D eigenvalue weighted by atomic mass is 10.0. The van der Waals surface area contributed by atoms with Gasteiger partial charge in [0.2, 0.25) is 10.0 Å². The van der Waals surface area contributed by atoms with Crippen molar-refractivity contribution in [1.29, 1.82) is 0 Å². The SMILES string of the molecule is CNS(=O)(=O)c1ccc(C(=O)O)c(C)c1C(=O)O. The lowest BCUT2D eigenvalue weighted by Gasteiger charge is -2.11. The maximum atomic E-state index is 11.6. The van der Waals surface area contributed by atoms with Crippen LogP contribution in [0.5, 0.6) is 0 Å². The number of rotatable bonds is 4. The second-order valence-corrected chi connectivity index (χ2v) is 5.28. The van der Waals surface area contributed by atoms with Crippen molar-refractivity contribution in [3.8, 4) is 0 Å². The molecular weight excluding hydrogens is 262 g/mol. The fourth-order valence-electron chi connectivity index (χ4n) is 1.52. The van der Waals surface area contributed by atoms with E-state index in [2.05, 4.69) is 0 Å². The molecule has 0 aromatic heterocycles. The molecule has 0 aliphatic rings. The van der Waals surface area contributed by atoms with Crippen LogP contribution in [0.4, 0.5) is 0 Å². The second-order valence-electron chi connectivity index (χ2n) is 3.43. The monoisotopic (exact) mass is 273 g/mol. The molecule has 3 N–H and O–H groups in total. The predicted molar refractivity (Wildman–Crippen MR) is 61.3 cm³/mol. The van der Waals surface area contributed by atoms with Crippen LogP contribution < -0.4 is 4.72 Å². The van der Waals surface area contributed by atoms with Gasteiger partial charge < -0.3 is 10.2 Å². The third-order valence-electron chi connectivity index (χ3n) is 2.43. The van der Waals surface area contributed by atoms with Crippen molar-refractivity contribution in [2.45, 2.75) is 11.8 Å². The Morgan fingerprint density at radius 1 is 1.17 bits per heavy atom. The molecule has 18 heavy (non-hydrogen) atoms. The van der Waals surface area contributed by atoms with E-state index in [0.29, 0.717) is 0 Å². The molecule has 0 aliphatic carbocycles. The smallest absolute Gasteiger partial charge is 0.337 e. The summed E-state index contributed by atoms with van der Waals surface area (Å²) in [5, 5.41) is 17.9. The van der Waals surface area contributed by atoms with Crippen LogP contribution in [0.2, 0.25) is 0 Å². The Balaban J connectivity index is 3.73. The van der Waals surface area contributed by atoms with E-state index in [1.165, 1.54) is 6.92 Å². The van der Waals surface area contributed by atoms with Gasteiger partial charge in [0.25, 0.3) is 0 Å². The number of nitrogens with one attached hydrogen (secondary N) is 1. The van der Waals surface area contributed by atoms with Gasteiger partial charge in [-0.25, -0.2) is 22.7 Å². The lowest BCUT2D eigenvalue weighted by Crippen LogP contribution is -2.23. The largest absolute Gasteiger partial charge is 0.478 e. The maximum absolute atomic E-state index is 11.6. The Labute approximate surface area is 103 Å². The van der Waals surface area contributed by atoms with Gasteiger partial charge in [0, 0.05) is 0 Å². The molecular formula is C10H11NO6S. The number of carbonyl (C=O) groups is 2. The summed E-state index contributed by atoms with van der Waals surface area (Å²) in [5.74, 6) is -2.81. The molecule has 98 valence electrons. The minimum atomic E-state index is -3.96. The van der Waals surface area contributed by atoms with E-state index in [-0.39, 0.29) is 11.1 Å². The Morgan fingerprint density at radius 3 is 2.11 bits per heavy atom. The first-order valence-corrected chi connectivity index (χ1v) is 6.24. The summed E-state index contributed by atoms with van der Waals surface area (Å²) < 4.78 is 25.3. The highest BCUT2D eigenvalue weighted by Crippen LogP contribution is 2.22. The van der Waals surface area contributed by atoms with Gasteiger partial charge >= 0.3 is 11.9 Å². The Hall–Kier alpha value is -1.93. The summed E-state index contributed by atoms with van der Waals surface area (Å²) >= 11 is 0. The molecule has 0 unspecified atom stereocenters. The first-order chi connectivity index (χ1) is 8.22. The van der Waals surface area contributed by atoms with Crippen LogP contribution in [0.25, 0.3) is 0 Å². The number of hydrogen-bond acceptors (Lipinski definition) is 4. The van der Waals surface area contributed by atoms with Crippen LogP contribution in [0, 0.1) is 6.92 Å². The maximum Gasteiger partial charge on any atom is 0.337 e. The van der Waals surface area contributed by atoms with Crippen molar-refractivity contribution in [3.63, 3.8) is 0 Å². The van der Waals surface area contributed by atoms with E-state index in [1.54, 1.807) is 0 Å². The van der Waals surface area contributed by atoms with Crippen LogP contribution in [0.1, 0.15) is 26.3 Å². The van der Waals surface area contributed by atoms with E-state index in [9.17, 15) is 18.0 Å². The summed E-state index contributed by atoms with van der Waals surface area (Å²) in [6.45, 7) is 1.25. The molecule has 0 aliphatic heterocycles. The molecule has 1 aromatic carbocycles. The molecule has 7 nitrogen and oxygen atoms in total. The van der Waals surface area contributed by atoms with Crippen molar-refractivity contribution in [2.24, 2.45) is 0 Å². The second kappa shape index (κ2) is 4.75. The summed E-state index contributed by atoms with van der Waals surface area (Å²) in [4.78, 5) is 21.5. The van der Waals surface area contributed by atoms with Gasteiger partial charge in [0.05, 0.1) is 16.0 Å². The molecule has 0 fully saturated rings. The van der Waals surface area contributed by atoms with E-state index in [4.69, 9.17) is 10.2 Å². The standard InChI is InChI=1S/C10H11NO6S/c1-5-6(9(12)13)3-4-7(8(5)10(14)15)18(16,17)11-2/h3-4,11H,1-2H3,(H,12,13)(H,14,15). The van der Waals surface area contributed by atoms with Gasteiger partial charge in [-0.2, -0.15) is 0 Å². The number of carboxylic acid groups (broad SMARTS) is 2. The molecule has 0 heterocycles. The van der Waals surface area contributed by atoms with Crippen molar-refractivity contribution in [3.05, 3.63) is 28.8 Å². The van der Waals surface area contributed by atoms with Crippen LogP contribution in [-0.2, 0) is 10.0 Å². The number of benzene rings is 1. The van der Waals surface area contributed by atoms with Gasteiger partial charge in [-0.05, 0) is 31.7 Å². The highest BCUT2D eigenvalue weighted by atomic mass is 32.2. The van der Waals surface area contributed by atoms with E-state index in [1.807, 2.05) is 4.72 Å². The summed E-state index contributed by atoms with van der Waals surface area (Å²) in [5.41, 5.74) is -0.891. The zero-order valence-corrected chi connectivity index (χ0v) is 10.4. The van der Waals surface area contributed by atoms with Gasteiger partial charge in [-0.3, -0.25) is 0 Å². The third-order valence-corrected chi connectivity index (χ3v) is 3.89. The molecule has 0 saturated heterocycles. The predicted octanol–water partition coefficient (Wildman–Crippen LogP) is 0.300. The molecule has 1 rings (SSSR count). The lowest BCUT2D eigenvalue weighted by molar-refractivity contribution is 0.0691. The number of sulfonamides is 1. The van der Waals surface area contributed by atoms with Crippen LogP contribution in [0.3, 0.4) is 0 Å². The summed E-state index contributed by atoms with van der Waals surface area (Å²) in [7, 11) is -2.82. The Morgan fingerprint density at radius 2 is 1.72 bits per heavy atom. The third kappa shape index (κ3) is 2.34. The van der Waals surface area contributed by atoms with E-state index in [0.717, 1.165) is 19.2 Å². The molecule has 0 spiro atoms. The quantitative estimate of drug-likeness (QED) is 0.725. The topological polar surface area (TPSA) is 121 Å². The van der Waals surface area contributed by atoms with Gasteiger partial charge in [0.15, 0.2) is 0 Å². The summed E-state index contributed by atoms with van der Waals surface area (Å²) in [6.07, 6.45) is 0. The van der Waals surface area contributed by atoms with Crippen molar-refractivity contribution in [2.75, 3.05) is 7.05 Å². The zero-order valence-electron chi connectivity index (χ0n) is 9.59. The fraction of sp³-hybridized carbons (Fsp3) is 0.200. The van der Waals surface area contributed by atoms with Crippen LogP contribution in [-0.4, -0.2) is 37.6 Å². The average molecular weight is 273 g/mol. The molecule has 0 amide bonds. The van der Waals surface area contributed by atoms with Crippen LogP contribution >= 0.6 is 0 Å². The highest BCUT2D eigenvalue weighted by Gasteiger charge is 2.25. The number of carboxylic acids is 2. The van der Waals surface area contributed by atoms with Gasteiger partial charge in [0.1, 0.15) is 0 Å².